The highest BCUT2D eigenvalue weighted by molar-refractivity contribution is 7.14. The molecule has 0 atom stereocenters. The number of aryl methyl sites for hydroxylation is 2. The van der Waals surface area contributed by atoms with Gasteiger partial charge in [-0.25, -0.2) is 4.98 Å². The van der Waals surface area contributed by atoms with E-state index in [4.69, 9.17) is 9.26 Å². The van der Waals surface area contributed by atoms with Crippen molar-refractivity contribution < 1.29 is 14.1 Å². The van der Waals surface area contributed by atoms with Crippen LogP contribution in [0.2, 0.25) is 0 Å². The first-order chi connectivity index (χ1) is 15.6. The number of hydrogen-bond donors (Lipinski definition) is 2. The van der Waals surface area contributed by atoms with Crippen LogP contribution in [0.5, 0.6) is 5.75 Å². The predicted molar refractivity (Wildman–Crippen MR) is 124 cm³/mol. The van der Waals surface area contributed by atoms with Crippen LogP contribution < -0.4 is 10.1 Å². The highest BCUT2D eigenvalue weighted by Crippen LogP contribution is 2.31. The molecule has 5 rings (SSSR count). The SMILES string of the molecule is Cc1noc(C)c1COc1ccc(C(=O)Nc2nc(-c3c[nH]c4ccccc34)cs2)cc1. The monoisotopic (exact) mass is 444 g/mol. The summed E-state index contributed by atoms with van der Waals surface area (Å²) in [6, 6.07) is 15.1. The Morgan fingerprint density at radius 1 is 1.16 bits per heavy atom. The van der Waals surface area contributed by atoms with E-state index < -0.39 is 0 Å². The molecule has 2 aromatic carbocycles. The van der Waals surface area contributed by atoms with Gasteiger partial charge in [0.2, 0.25) is 0 Å². The van der Waals surface area contributed by atoms with Gasteiger partial charge in [0.15, 0.2) is 5.13 Å². The van der Waals surface area contributed by atoms with Gasteiger partial charge < -0.3 is 14.2 Å². The zero-order valence-corrected chi connectivity index (χ0v) is 18.3. The van der Waals surface area contributed by atoms with Crippen molar-refractivity contribution in [1.82, 2.24) is 15.1 Å². The largest absolute Gasteiger partial charge is 0.489 e. The van der Waals surface area contributed by atoms with Gasteiger partial charge >= 0.3 is 0 Å². The lowest BCUT2D eigenvalue weighted by Gasteiger charge is -2.07. The van der Waals surface area contributed by atoms with Gasteiger partial charge in [-0.15, -0.1) is 11.3 Å². The van der Waals surface area contributed by atoms with Gasteiger partial charge in [0.1, 0.15) is 18.1 Å². The zero-order chi connectivity index (χ0) is 22.1. The molecule has 160 valence electrons. The second-order valence-corrected chi connectivity index (χ2v) is 8.21. The molecule has 0 spiro atoms. The molecule has 7 nitrogen and oxygen atoms in total. The van der Waals surface area contributed by atoms with Crippen molar-refractivity contribution in [1.29, 1.82) is 0 Å². The van der Waals surface area contributed by atoms with Gasteiger partial charge in [-0.1, -0.05) is 23.4 Å². The zero-order valence-electron chi connectivity index (χ0n) is 17.5. The van der Waals surface area contributed by atoms with Crippen molar-refractivity contribution in [2.24, 2.45) is 0 Å². The number of anilines is 1. The number of hydrogen-bond acceptors (Lipinski definition) is 6. The van der Waals surface area contributed by atoms with Crippen LogP contribution in [0.15, 0.2) is 64.6 Å². The number of rotatable bonds is 6. The molecule has 0 aliphatic heterocycles. The van der Waals surface area contributed by atoms with E-state index in [1.165, 1.54) is 11.3 Å². The number of aromatic amines is 1. The summed E-state index contributed by atoms with van der Waals surface area (Å²) in [6.07, 6.45) is 1.94. The highest BCUT2D eigenvalue weighted by Gasteiger charge is 2.13. The molecule has 0 saturated carbocycles. The number of ether oxygens (including phenoxy) is 1. The van der Waals surface area contributed by atoms with Crippen molar-refractivity contribution in [2.45, 2.75) is 20.5 Å². The number of thiazole rings is 1. The summed E-state index contributed by atoms with van der Waals surface area (Å²) < 4.78 is 10.9. The van der Waals surface area contributed by atoms with E-state index in [1.807, 2.05) is 49.7 Å². The maximum atomic E-state index is 12.7. The van der Waals surface area contributed by atoms with E-state index in [1.54, 1.807) is 24.3 Å². The molecule has 0 radical (unpaired) electrons. The first-order valence-electron chi connectivity index (χ1n) is 10.1. The Morgan fingerprint density at radius 3 is 2.75 bits per heavy atom. The van der Waals surface area contributed by atoms with E-state index in [9.17, 15) is 4.79 Å². The van der Waals surface area contributed by atoms with E-state index in [0.29, 0.717) is 23.1 Å². The second kappa shape index (κ2) is 8.32. The van der Waals surface area contributed by atoms with Crippen molar-refractivity contribution >= 4 is 33.3 Å². The number of para-hydroxylation sites is 1. The molecule has 0 aliphatic carbocycles. The van der Waals surface area contributed by atoms with Crippen molar-refractivity contribution in [2.75, 3.05) is 5.32 Å². The molecular formula is C24H20N4O3S. The lowest BCUT2D eigenvalue weighted by atomic mass is 10.1. The van der Waals surface area contributed by atoms with Crippen LogP contribution in [0.4, 0.5) is 5.13 Å². The fourth-order valence-electron chi connectivity index (χ4n) is 3.47. The van der Waals surface area contributed by atoms with Crippen LogP contribution in [0.25, 0.3) is 22.2 Å². The average Bonchev–Trinajstić information content (AvgIpc) is 3.52. The maximum absolute atomic E-state index is 12.7. The third-order valence-electron chi connectivity index (χ3n) is 5.27. The summed E-state index contributed by atoms with van der Waals surface area (Å²) in [7, 11) is 0. The minimum Gasteiger partial charge on any atom is -0.489 e. The Hall–Kier alpha value is -3.91. The summed E-state index contributed by atoms with van der Waals surface area (Å²) in [5, 5.41) is 10.4. The van der Waals surface area contributed by atoms with Crippen LogP contribution >= 0.6 is 11.3 Å². The van der Waals surface area contributed by atoms with Gasteiger partial charge in [0, 0.05) is 33.6 Å². The smallest absolute Gasteiger partial charge is 0.257 e. The summed E-state index contributed by atoms with van der Waals surface area (Å²) in [6.45, 7) is 4.10. The molecule has 0 fully saturated rings. The normalized spacial score (nSPS) is 11.1. The van der Waals surface area contributed by atoms with Crippen LogP contribution in [0.1, 0.15) is 27.4 Å². The molecule has 2 N–H and O–H groups in total. The topological polar surface area (TPSA) is 93.0 Å². The molecule has 1 amide bonds. The van der Waals surface area contributed by atoms with Crippen LogP contribution in [0.3, 0.4) is 0 Å². The summed E-state index contributed by atoms with van der Waals surface area (Å²) in [5.41, 5.74) is 5.16. The minimum absolute atomic E-state index is 0.220. The standard InChI is InChI=1S/C24H20N4O3S/c1-14-20(15(2)31-28-14)12-30-17-9-7-16(8-10-17)23(29)27-24-26-22(13-32-24)19-11-25-21-6-4-3-5-18(19)21/h3-11,13,25H,12H2,1-2H3,(H,26,27,29). The number of amides is 1. The van der Waals surface area contributed by atoms with Crippen LogP contribution in [-0.4, -0.2) is 21.0 Å². The summed E-state index contributed by atoms with van der Waals surface area (Å²) in [5.74, 6) is 1.19. The Labute approximate surface area is 188 Å². The van der Waals surface area contributed by atoms with E-state index >= 15 is 0 Å². The molecule has 0 aliphatic rings. The van der Waals surface area contributed by atoms with Crippen molar-refractivity contribution in [3.63, 3.8) is 0 Å². The minimum atomic E-state index is -0.220. The number of carbonyl (C=O) groups is 1. The molecule has 5 aromatic rings. The van der Waals surface area contributed by atoms with Crippen LogP contribution in [-0.2, 0) is 6.61 Å². The van der Waals surface area contributed by atoms with Gasteiger partial charge in [-0.2, -0.15) is 0 Å². The van der Waals surface area contributed by atoms with Gasteiger partial charge in [0.25, 0.3) is 5.91 Å². The third-order valence-corrected chi connectivity index (χ3v) is 6.03. The van der Waals surface area contributed by atoms with E-state index in [-0.39, 0.29) is 5.91 Å². The van der Waals surface area contributed by atoms with Crippen molar-refractivity contribution in [3.8, 4) is 17.0 Å². The Kier molecular flexibility index (Phi) is 5.20. The Balaban J connectivity index is 1.24. The number of nitrogens with zero attached hydrogens (tertiary/aromatic N) is 2. The number of aromatic nitrogens is 3. The number of carbonyl (C=O) groups excluding carboxylic acids is 1. The molecule has 8 heteroatoms. The maximum Gasteiger partial charge on any atom is 0.257 e. The molecule has 0 saturated heterocycles. The lowest BCUT2D eigenvalue weighted by molar-refractivity contribution is 0.102. The molecule has 32 heavy (non-hydrogen) atoms. The van der Waals surface area contributed by atoms with Gasteiger partial charge in [-0.3, -0.25) is 10.1 Å². The second-order valence-electron chi connectivity index (χ2n) is 7.36. The number of nitrogens with one attached hydrogen (secondary N) is 2. The fraction of sp³-hybridized carbons (Fsp3) is 0.125. The quantitative estimate of drug-likeness (QED) is 0.349. The fourth-order valence-corrected chi connectivity index (χ4v) is 4.18. The molecule has 0 bridgehead atoms. The first kappa shape index (κ1) is 20.0. The van der Waals surface area contributed by atoms with E-state index in [2.05, 4.69) is 20.4 Å². The summed E-state index contributed by atoms with van der Waals surface area (Å²) in [4.78, 5) is 20.5. The number of H-pyrrole nitrogens is 1. The molecule has 0 unspecified atom stereocenters. The highest BCUT2D eigenvalue weighted by atomic mass is 32.1. The molecule has 3 heterocycles. The van der Waals surface area contributed by atoms with Crippen LogP contribution in [0, 0.1) is 13.8 Å². The average molecular weight is 445 g/mol. The molecule has 3 aromatic heterocycles. The Morgan fingerprint density at radius 2 is 1.97 bits per heavy atom. The third kappa shape index (κ3) is 3.88. The number of fused-ring (bicyclic) bond motifs is 1. The summed E-state index contributed by atoms with van der Waals surface area (Å²) >= 11 is 1.40. The predicted octanol–water partition coefficient (Wildman–Crippen LogP) is 5.73. The van der Waals surface area contributed by atoms with Gasteiger partial charge in [0.05, 0.1) is 17.0 Å². The molecular weight excluding hydrogens is 424 g/mol. The Bertz CT molecular complexity index is 1380. The van der Waals surface area contributed by atoms with Crippen molar-refractivity contribution in [3.05, 3.63) is 82.7 Å². The number of benzene rings is 2. The van der Waals surface area contributed by atoms with Gasteiger partial charge in [-0.05, 0) is 44.2 Å². The lowest BCUT2D eigenvalue weighted by Crippen LogP contribution is -2.11. The van der Waals surface area contributed by atoms with E-state index in [0.717, 1.165) is 39.2 Å². The first-order valence-corrected chi connectivity index (χ1v) is 10.9.